The zero-order chi connectivity index (χ0) is 13.4. The van der Waals surface area contributed by atoms with Crippen LogP contribution >= 0.6 is 0 Å². The summed E-state index contributed by atoms with van der Waals surface area (Å²) >= 11 is 0. The highest BCUT2D eigenvalue weighted by Gasteiger charge is 2.28. The van der Waals surface area contributed by atoms with Crippen molar-refractivity contribution in [1.29, 1.82) is 0 Å². The molecule has 2 heterocycles. The second-order valence-electron chi connectivity index (χ2n) is 4.77. The van der Waals surface area contributed by atoms with Crippen LogP contribution in [0.5, 0.6) is 0 Å². The highest BCUT2D eigenvalue weighted by Crippen LogP contribution is 2.28. The molecule has 3 rings (SSSR count). The summed E-state index contributed by atoms with van der Waals surface area (Å²) in [7, 11) is -1.01. The molecular weight excluding hydrogens is 262 g/mol. The Bertz CT molecular complexity index is 658. The number of rotatable bonds is 3. The van der Waals surface area contributed by atoms with Gasteiger partial charge in [0.15, 0.2) is 5.76 Å². The summed E-state index contributed by atoms with van der Waals surface area (Å²) in [5.74, 6) is 0.630. The van der Waals surface area contributed by atoms with Crippen LogP contribution in [0.15, 0.2) is 28.7 Å². The fourth-order valence-corrected chi connectivity index (χ4v) is 2.97. The SMILES string of the molecule is CS(=O)Cc1c(C(=O)N2CCC2)oc2ccccc12. The Kier molecular flexibility index (Phi) is 3.14. The van der Waals surface area contributed by atoms with Crippen molar-refractivity contribution >= 4 is 27.7 Å². The zero-order valence-electron chi connectivity index (χ0n) is 10.7. The number of hydrogen-bond donors (Lipinski definition) is 0. The highest BCUT2D eigenvalue weighted by molar-refractivity contribution is 7.83. The van der Waals surface area contributed by atoms with E-state index in [0.29, 0.717) is 17.1 Å². The molecule has 1 aromatic heterocycles. The van der Waals surface area contributed by atoms with Crippen molar-refractivity contribution in [3.05, 3.63) is 35.6 Å². The van der Waals surface area contributed by atoms with Crippen LogP contribution in [0, 0.1) is 0 Å². The van der Waals surface area contributed by atoms with E-state index >= 15 is 0 Å². The third kappa shape index (κ3) is 2.18. The van der Waals surface area contributed by atoms with Gasteiger partial charge in [0, 0.05) is 41.1 Å². The van der Waals surface area contributed by atoms with Gasteiger partial charge in [-0.25, -0.2) is 0 Å². The van der Waals surface area contributed by atoms with Crippen molar-refractivity contribution in [2.24, 2.45) is 0 Å². The van der Waals surface area contributed by atoms with E-state index in [0.717, 1.165) is 30.5 Å². The van der Waals surface area contributed by atoms with Crippen LogP contribution in [0.1, 0.15) is 22.5 Å². The second-order valence-corrected chi connectivity index (χ2v) is 6.20. The number of nitrogens with zero attached hydrogens (tertiary/aromatic N) is 1. The predicted molar refractivity (Wildman–Crippen MR) is 74.5 cm³/mol. The van der Waals surface area contributed by atoms with E-state index < -0.39 is 10.8 Å². The molecule has 1 unspecified atom stereocenters. The molecule has 100 valence electrons. The van der Waals surface area contributed by atoms with Gasteiger partial charge in [0.25, 0.3) is 5.91 Å². The minimum Gasteiger partial charge on any atom is -0.451 e. The molecule has 1 fully saturated rings. The lowest BCUT2D eigenvalue weighted by atomic mass is 10.1. The molecule has 1 aromatic carbocycles. The van der Waals surface area contributed by atoms with Crippen molar-refractivity contribution in [3.8, 4) is 0 Å². The minimum atomic E-state index is -1.01. The Labute approximate surface area is 113 Å². The van der Waals surface area contributed by atoms with Crippen molar-refractivity contribution in [3.63, 3.8) is 0 Å². The molecule has 5 heteroatoms. The van der Waals surface area contributed by atoms with Gasteiger partial charge in [0.1, 0.15) is 5.58 Å². The maximum absolute atomic E-state index is 12.3. The topological polar surface area (TPSA) is 50.5 Å². The van der Waals surface area contributed by atoms with Crippen molar-refractivity contribution in [2.75, 3.05) is 19.3 Å². The van der Waals surface area contributed by atoms with Crippen LogP contribution in [0.25, 0.3) is 11.0 Å². The van der Waals surface area contributed by atoms with Gasteiger partial charge in [0.05, 0.1) is 5.75 Å². The molecule has 0 spiro atoms. The standard InChI is InChI=1S/C14H15NO3S/c1-19(17)9-11-10-5-2-3-6-12(10)18-13(11)14(16)15-7-4-8-15/h2-3,5-6H,4,7-9H2,1H3. The molecule has 19 heavy (non-hydrogen) atoms. The Hall–Kier alpha value is -1.62. The first kappa shape index (κ1) is 12.4. The number of amides is 1. The monoisotopic (exact) mass is 277 g/mol. The van der Waals surface area contributed by atoms with Gasteiger partial charge in [-0.1, -0.05) is 18.2 Å². The van der Waals surface area contributed by atoms with E-state index in [1.807, 2.05) is 24.3 Å². The van der Waals surface area contributed by atoms with Gasteiger partial charge in [-0.15, -0.1) is 0 Å². The largest absolute Gasteiger partial charge is 0.451 e. The molecule has 1 saturated heterocycles. The molecule has 0 aliphatic carbocycles. The molecule has 0 saturated carbocycles. The van der Waals surface area contributed by atoms with Gasteiger partial charge in [-0.3, -0.25) is 9.00 Å². The van der Waals surface area contributed by atoms with E-state index in [4.69, 9.17) is 4.42 Å². The summed E-state index contributed by atoms with van der Waals surface area (Å²) in [4.78, 5) is 14.1. The number of carbonyl (C=O) groups is 1. The van der Waals surface area contributed by atoms with Gasteiger partial charge in [-0.05, 0) is 12.5 Å². The van der Waals surface area contributed by atoms with E-state index in [1.165, 1.54) is 0 Å². The van der Waals surface area contributed by atoms with E-state index in [-0.39, 0.29) is 5.91 Å². The molecule has 0 N–H and O–H groups in total. The van der Waals surface area contributed by atoms with E-state index in [9.17, 15) is 9.00 Å². The fraction of sp³-hybridized carbons (Fsp3) is 0.357. The molecule has 1 aliphatic rings. The summed E-state index contributed by atoms with van der Waals surface area (Å²) in [6.07, 6.45) is 2.68. The Morgan fingerprint density at radius 3 is 2.74 bits per heavy atom. The lowest BCUT2D eigenvalue weighted by Gasteiger charge is -2.30. The number of fused-ring (bicyclic) bond motifs is 1. The van der Waals surface area contributed by atoms with E-state index in [2.05, 4.69) is 0 Å². The van der Waals surface area contributed by atoms with Crippen LogP contribution < -0.4 is 0 Å². The molecule has 1 amide bonds. The number of carbonyl (C=O) groups excluding carboxylic acids is 1. The first-order valence-corrected chi connectivity index (χ1v) is 7.99. The van der Waals surface area contributed by atoms with E-state index in [1.54, 1.807) is 11.2 Å². The highest BCUT2D eigenvalue weighted by atomic mass is 32.2. The number of likely N-dealkylation sites (tertiary alicyclic amines) is 1. The fourth-order valence-electron chi connectivity index (χ4n) is 2.28. The normalized spacial score (nSPS) is 16.4. The summed E-state index contributed by atoms with van der Waals surface area (Å²) in [6, 6.07) is 7.52. The molecule has 1 atom stereocenters. The van der Waals surface area contributed by atoms with Gasteiger partial charge >= 0.3 is 0 Å². The third-order valence-electron chi connectivity index (χ3n) is 3.38. The molecule has 0 radical (unpaired) electrons. The van der Waals surface area contributed by atoms with Crippen LogP contribution in [0.3, 0.4) is 0 Å². The summed E-state index contributed by atoms with van der Waals surface area (Å²) in [6.45, 7) is 1.56. The molecule has 4 nitrogen and oxygen atoms in total. The average molecular weight is 277 g/mol. The van der Waals surface area contributed by atoms with Gasteiger partial charge < -0.3 is 9.32 Å². The summed E-state index contributed by atoms with van der Waals surface area (Å²) < 4.78 is 17.2. The molecule has 1 aliphatic heterocycles. The van der Waals surface area contributed by atoms with Gasteiger partial charge in [-0.2, -0.15) is 0 Å². The Morgan fingerprint density at radius 1 is 1.37 bits per heavy atom. The van der Waals surface area contributed by atoms with Gasteiger partial charge in [0.2, 0.25) is 0 Å². The summed E-state index contributed by atoms with van der Waals surface area (Å²) in [5, 5.41) is 0.890. The molecule has 0 bridgehead atoms. The van der Waals surface area contributed by atoms with Crippen LogP contribution in [0.4, 0.5) is 0 Å². The van der Waals surface area contributed by atoms with Crippen LogP contribution in [-0.2, 0) is 16.6 Å². The zero-order valence-corrected chi connectivity index (χ0v) is 11.5. The smallest absolute Gasteiger partial charge is 0.289 e. The van der Waals surface area contributed by atoms with Crippen molar-refractivity contribution in [2.45, 2.75) is 12.2 Å². The molecule has 2 aromatic rings. The van der Waals surface area contributed by atoms with Crippen molar-refractivity contribution in [1.82, 2.24) is 4.90 Å². The third-order valence-corrected chi connectivity index (χ3v) is 4.08. The lowest BCUT2D eigenvalue weighted by molar-refractivity contribution is 0.0620. The first-order valence-electron chi connectivity index (χ1n) is 6.26. The number of benzene rings is 1. The minimum absolute atomic E-state index is 0.0806. The van der Waals surface area contributed by atoms with Crippen LogP contribution in [-0.4, -0.2) is 34.4 Å². The Morgan fingerprint density at radius 2 is 2.11 bits per heavy atom. The summed E-state index contributed by atoms with van der Waals surface area (Å²) in [5.41, 5.74) is 1.46. The number of furan rings is 1. The number of hydrogen-bond acceptors (Lipinski definition) is 3. The predicted octanol–water partition coefficient (Wildman–Crippen LogP) is 2.16. The lowest BCUT2D eigenvalue weighted by Crippen LogP contribution is -2.42. The second kappa shape index (κ2) is 4.81. The first-order chi connectivity index (χ1) is 9.16. The van der Waals surface area contributed by atoms with Crippen LogP contribution in [0.2, 0.25) is 0 Å². The maximum atomic E-state index is 12.3. The van der Waals surface area contributed by atoms with Crippen molar-refractivity contribution < 1.29 is 13.4 Å². The Balaban J connectivity index is 2.10. The molecular formula is C14H15NO3S. The quantitative estimate of drug-likeness (QED) is 0.864. The average Bonchev–Trinajstić information content (AvgIpc) is 2.65. The maximum Gasteiger partial charge on any atom is 0.289 e. The number of para-hydroxylation sites is 1.